The van der Waals surface area contributed by atoms with Gasteiger partial charge in [-0.25, -0.2) is 0 Å². The Morgan fingerprint density at radius 1 is 1.32 bits per heavy atom. The van der Waals surface area contributed by atoms with Crippen molar-refractivity contribution in [2.75, 3.05) is 27.2 Å². The summed E-state index contributed by atoms with van der Waals surface area (Å²) >= 11 is 0. The molecule has 0 aliphatic carbocycles. The van der Waals surface area contributed by atoms with Crippen LogP contribution < -0.4 is 10.6 Å². The van der Waals surface area contributed by atoms with E-state index in [0.29, 0.717) is 12.6 Å². The van der Waals surface area contributed by atoms with Crippen molar-refractivity contribution in [2.45, 2.75) is 25.9 Å². The molecule has 0 aliphatic rings. The predicted molar refractivity (Wildman–Crippen MR) is 106 cm³/mol. The molecule has 1 rings (SSSR count). The van der Waals surface area contributed by atoms with Crippen LogP contribution in [-0.2, 0) is 6.54 Å². The van der Waals surface area contributed by atoms with Crippen molar-refractivity contribution in [1.82, 2.24) is 15.5 Å². The zero-order valence-corrected chi connectivity index (χ0v) is 16.0. The summed E-state index contributed by atoms with van der Waals surface area (Å²) < 4.78 is 0. The normalized spacial score (nSPS) is 12.2. The van der Waals surface area contributed by atoms with Gasteiger partial charge < -0.3 is 10.6 Å². The Kier molecular flexibility index (Phi) is 11.6. The van der Waals surface area contributed by atoms with E-state index in [9.17, 15) is 0 Å². The van der Waals surface area contributed by atoms with Crippen molar-refractivity contribution in [1.29, 1.82) is 0 Å². The molecule has 1 unspecified atom stereocenters. The number of nitrogens with zero attached hydrogens (tertiary/aromatic N) is 2. The van der Waals surface area contributed by atoms with Gasteiger partial charge in [-0.3, -0.25) is 9.89 Å². The standard InChI is InChI=1S/C17H26N4.HI/c1-5-12-19-17(18-3)20-13-11-15(2)21(4)14-16-9-7-6-8-10-16;/h1,6-10,15H,11-14H2,2-4H3,(H2,18,19,20);1H. The Balaban J connectivity index is 0.00000441. The van der Waals surface area contributed by atoms with Crippen molar-refractivity contribution in [2.24, 2.45) is 4.99 Å². The molecule has 0 aromatic heterocycles. The summed E-state index contributed by atoms with van der Waals surface area (Å²) in [6.45, 7) is 4.56. The molecule has 0 heterocycles. The summed E-state index contributed by atoms with van der Waals surface area (Å²) in [6, 6.07) is 11.0. The largest absolute Gasteiger partial charge is 0.356 e. The molecular formula is C17H27IN4. The first-order valence-electron chi connectivity index (χ1n) is 7.29. The summed E-state index contributed by atoms with van der Waals surface area (Å²) in [5, 5.41) is 6.32. The molecule has 122 valence electrons. The van der Waals surface area contributed by atoms with Gasteiger partial charge in [0.1, 0.15) is 0 Å². The molecule has 0 fully saturated rings. The van der Waals surface area contributed by atoms with E-state index >= 15 is 0 Å². The SMILES string of the molecule is C#CCNC(=NC)NCCC(C)N(C)Cc1ccccc1.I. The van der Waals surface area contributed by atoms with Crippen LogP contribution in [0.1, 0.15) is 18.9 Å². The molecule has 0 bridgehead atoms. The van der Waals surface area contributed by atoms with Crippen molar-refractivity contribution < 1.29 is 0 Å². The maximum absolute atomic E-state index is 5.22. The molecule has 0 saturated carbocycles. The number of benzene rings is 1. The maximum atomic E-state index is 5.22. The van der Waals surface area contributed by atoms with E-state index < -0.39 is 0 Å². The van der Waals surface area contributed by atoms with Gasteiger partial charge in [0.25, 0.3) is 0 Å². The molecule has 0 spiro atoms. The smallest absolute Gasteiger partial charge is 0.191 e. The van der Waals surface area contributed by atoms with Gasteiger partial charge in [-0.15, -0.1) is 30.4 Å². The summed E-state index contributed by atoms with van der Waals surface area (Å²) in [5.74, 6) is 3.29. The second-order valence-electron chi connectivity index (χ2n) is 5.10. The van der Waals surface area contributed by atoms with Gasteiger partial charge >= 0.3 is 0 Å². The van der Waals surface area contributed by atoms with Gasteiger partial charge in [0.2, 0.25) is 0 Å². The number of aliphatic imine (C=N–C) groups is 1. The van der Waals surface area contributed by atoms with Gasteiger partial charge in [-0.05, 0) is 26.0 Å². The van der Waals surface area contributed by atoms with E-state index in [1.807, 2.05) is 6.07 Å². The van der Waals surface area contributed by atoms with Gasteiger partial charge in [-0.2, -0.15) is 0 Å². The number of hydrogen-bond acceptors (Lipinski definition) is 2. The maximum Gasteiger partial charge on any atom is 0.191 e. The van der Waals surface area contributed by atoms with Crippen molar-refractivity contribution in [3.8, 4) is 12.3 Å². The predicted octanol–water partition coefficient (Wildman–Crippen LogP) is 2.31. The minimum atomic E-state index is 0. The van der Waals surface area contributed by atoms with E-state index in [1.54, 1.807) is 7.05 Å². The zero-order valence-electron chi connectivity index (χ0n) is 13.7. The van der Waals surface area contributed by atoms with Crippen molar-refractivity contribution in [3.05, 3.63) is 35.9 Å². The number of rotatable bonds is 7. The number of hydrogen-bond donors (Lipinski definition) is 2. The van der Waals surface area contributed by atoms with E-state index in [-0.39, 0.29) is 24.0 Å². The second kappa shape index (κ2) is 12.3. The molecule has 2 N–H and O–H groups in total. The Morgan fingerprint density at radius 3 is 2.59 bits per heavy atom. The molecule has 0 aliphatic heterocycles. The molecule has 5 heteroatoms. The topological polar surface area (TPSA) is 39.7 Å². The lowest BCUT2D eigenvalue weighted by Crippen LogP contribution is -2.40. The average Bonchev–Trinajstić information content (AvgIpc) is 2.51. The minimum Gasteiger partial charge on any atom is -0.356 e. The fourth-order valence-corrected chi connectivity index (χ4v) is 2.00. The fourth-order valence-electron chi connectivity index (χ4n) is 2.00. The first-order valence-corrected chi connectivity index (χ1v) is 7.29. The highest BCUT2D eigenvalue weighted by Gasteiger charge is 2.09. The molecule has 1 atom stereocenters. The van der Waals surface area contributed by atoms with Crippen LogP contribution in [0.15, 0.2) is 35.3 Å². The third kappa shape index (κ3) is 8.25. The van der Waals surface area contributed by atoms with E-state index in [4.69, 9.17) is 6.42 Å². The minimum absolute atomic E-state index is 0. The van der Waals surface area contributed by atoms with Crippen LogP contribution in [-0.4, -0.2) is 44.1 Å². The molecule has 0 radical (unpaired) electrons. The average molecular weight is 414 g/mol. The number of guanidine groups is 1. The van der Waals surface area contributed by atoms with Gasteiger partial charge in [0.15, 0.2) is 5.96 Å². The molecule has 4 nitrogen and oxygen atoms in total. The van der Waals surface area contributed by atoms with Crippen LogP contribution in [0.25, 0.3) is 0 Å². The van der Waals surface area contributed by atoms with E-state index in [2.05, 4.69) is 64.7 Å². The fraction of sp³-hybridized carbons (Fsp3) is 0.471. The molecule has 0 saturated heterocycles. The highest BCUT2D eigenvalue weighted by molar-refractivity contribution is 14.0. The number of halogens is 1. The lowest BCUT2D eigenvalue weighted by molar-refractivity contribution is 0.238. The third-order valence-electron chi connectivity index (χ3n) is 3.46. The van der Waals surface area contributed by atoms with Gasteiger partial charge in [0.05, 0.1) is 6.54 Å². The molecule has 1 aromatic rings. The highest BCUT2D eigenvalue weighted by Crippen LogP contribution is 2.07. The van der Waals surface area contributed by atoms with Crippen molar-refractivity contribution >= 4 is 29.9 Å². The first-order chi connectivity index (χ1) is 10.2. The molecule has 22 heavy (non-hydrogen) atoms. The first kappa shape index (κ1) is 20.7. The summed E-state index contributed by atoms with van der Waals surface area (Å²) in [5.41, 5.74) is 1.34. The Bertz CT molecular complexity index is 467. The van der Waals surface area contributed by atoms with Gasteiger partial charge in [-0.1, -0.05) is 36.3 Å². The lowest BCUT2D eigenvalue weighted by Gasteiger charge is -2.25. The molecular weight excluding hydrogens is 387 g/mol. The quantitative estimate of drug-likeness (QED) is 0.311. The van der Waals surface area contributed by atoms with Crippen LogP contribution >= 0.6 is 24.0 Å². The number of nitrogens with one attached hydrogen (secondary N) is 2. The van der Waals surface area contributed by atoms with E-state index in [0.717, 1.165) is 25.5 Å². The molecule has 1 aromatic carbocycles. The summed E-state index contributed by atoms with van der Waals surface area (Å²) in [4.78, 5) is 6.48. The van der Waals surface area contributed by atoms with Crippen LogP contribution in [0.4, 0.5) is 0 Å². The monoisotopic (exact) mass is 414 g/mol. The summed E-state index contributed by atoms with van der Waals surface area (Å²) in [6.07, 6.45) is 6.26. The Morgan fingerprint density at radius 2 is 2.00 bits per heavy atom. The molecule has 0 amide bonds. The number of terminal acetylenes is 1. The summed E-state index contributed by atoms with van der Waals surface area (Å²) in [7, 11) is 3.90. The van der Waals surface area contributed by atoms with Gasteiger partial charge in [0, 0.05) is 26.2 Å². The van der Waals surface area contributed by atoms with Crippen LogP contribution in [0.5, 0.6) is 0 Å². The van der Waals surface area contributed by atoms with Crippen LogP contribution in [0.2, 0.25) is 0 Å². The van der Waals surface area contributed by atoms with Crippen molar-refractivity contribution in [3.63, 3.8) is 0 Å². The zero-order chi connectivity index (χ0) is 15.5. The third-order valence-corrected chi connectivity index (χ3v) is 3.46. The lowest BCUT2D eigenvalue weighted by atomic mass is 10.1. The highest BCUT2D eigenvalue weighted by atomic mass is 127. The Hall–Kier alpha value is -1.26. The second-order valence-corrected chi connectivity index (χ2v) is 5.10. The van der Waals surface area contributed by atoms with E-state index in [1.165, 1.54) is 5.56 Å². The van der Waals surface area contributed by atoms with Crippen LogP contribution in [0, 0.1) is 12.3 Å². The van der Waals surface area contributed by atoms with Crippen LogP contribution in [0.3, 0.4) is 0 Å². The Labute approximate surface area is 151 Å².